The largest absolute Gasteiger partial charge is 0.290 e. The standard InChI is InChI=1S/C33H40N2/c1-4-16-32(25-33-23-14-15-24-34(33)27(2)30-19-10-6-11-20-30)35(26-29-17-8-5-9-18-29)28(3)31-21-12-7-13-22-31/h4-14,17-23,27-28,32-33H,1,15-16,24-26H2,2-3H3/t27-,28-,32+,33-/m1/s1. The van der Waals surface area contributed by atoms with E-state index < -0.39 is 0 Å². The Labute approximate surface area is 212 Å². The molecule has 2 nitrogen and oxygen atoms in total. The van der Waals surface area contributed by atoms with E-state index in [1.807, 2.05) is 0 Å². The molecule has 2 heteroatoms. The van der Waals surface area contributed by atoms with E-state index in [9.17, 15) is 0 Å². The molecule has 0 aliphatic carbocycles. The molecule has 3 aromatic carbocycles. The number of nitrogens with zero attached hydrogens (tertiary/aromatic N) is 2. The summed E-state index contributed by atoms with van der Waals surface area (Å²) in [5.74, 6) is 0. The van der Waals surface area contributed by atoms with Crippen LogP contribution in [0.25, 0.3) is 0 Å². The van der Waals surface area contributed by atoms with Gasteiger partial charge in [-0.15, -0.1) is 6.58 Å². The van der Waals surface area contributed by atoms with E-state index in [1.165, 1.54) is 16.7 Å². The molecule has 0 spiro atoms. The van der Waals surface area contributed by atoms with Gasteiger partial charge in [0.1, 0.15) is 0 Å². The van der Waals surface area contributed by atoms with Crippen LogP contribution in [0.5, 0.6) is 0 Å². The minimum atomic E-state index is 0.314. The van der Waals surface area contributed by atoms with Crippen molar-refractivity contribution < 1.29 is 0 Å². The molecule has 0 bridgehead atoms. The Bertz CT molecular complexity index is 1040. The van der Waals surface area contributed by atoms with Gasteiger partial charge in [-0.2, -0.15) is 0 Å². The summed E-state index contributed by atoms with van der Waals surface area (Å²) in [7, 11) is 0. The second-order valence-electron chi connectivity index (χ2n) is 9.77. The van der Waals surface area contributed by atoms with Gasteiger partial charge in [0.25, 0.3) is 0 Å². The number of hydrogen-bond acceptors (Lipinski definition) is 2. The van der Waals surface area contributed by atoms with Crippen molar-refractivity contribution in [3.8, 4) is 0 Å². The minimum absolute atomic E-state index is 0.314. The van der Waals surface area contributed by atoms with Crippen molar-refractivity contribution in [1.82, 2.24) is 9.80 Å². The Morgan fingerprint density at radius 2 is 1.49 bits per heavy atom. The molecule has 182 valence electrons. The maximum Gasteiger partial charge on any atom is 0.0326 e. The van der Waals surface area contributed by atoms with E-state index >= 15 is 0 Å². The number of rotatable bonds is 11. The molecular formula is C33H40N2. The minimum Gasteiger partial charge on any atom is -0.290 e. The fourth-order valence-electron chi connectivity index (χ4n) is 5.51. The third kappa shape index (κ3) is 6.60. The lowest BCUT2D eigenvalue weighted by Gasteiger charge is -2.43. The van der Waals surface area contributed by atoms with Crippen LogP contribution in [0.2, 0.25) is 0 Å². The van der Waals surface area contributed by atoms with Gasteiger partial charge in [-0.3, -0.25) is 9.80 Å². The van der Waals surface area contributed by atoms with Gasteiger partial charge in [-0.1, -0.05) is 109 Å². The smallest absolute Gasteiger partial charge is 0.0326 e. The molecule has 1 aliphatic rings. The maximum atomic E-state index is 4.16. The molecule has 1 heterocycles. The molecule has 0 radical (unpaired) electrons. The fraction of sp³-hybridized carbons (Fsp3) is 0.333. The van der Waals surface area contributed by atoms with Crippen molar-refractivity contribution in [1.29, 1.82) is 0 Å². The molecule has 0 saturated carbocycles. The second kappa shape index (κ2) is 12.7. The summed E-state index contributed by atoms with van der Waals surface area (Å²) in [5.41, 5.74) is 4.12. The van der Waals surface area contributed by atoms with Crippen LogP contribution in [-0.2, 0) is 6.54 Å². The van der Waals surface area contributed by atoms with Crippen LogP contribution in [0.15, 0.2) is 116 Å². The van der Waals surface area contributed by atoms with E-state index in [-0.39, 0.29) is 0 Å². The summed E-state index contributed by atoms with van der Waals surface area (Å²) in [4.78, 5) is 5.39. The van der Waals surface area contributed by atoms with Gasteiger partial charge in [0.2, 0.25) is 0 Å². The Morgan fingerprint density at radius 3 is 2.11 bits per heavy atom. The Balaban J connectivity index is 1.62. The van der Waals surface area contributed by atoms with Gasteiger partial charge in [0, 0.05) is 37.3 Å². The van der Waals surface area contributed by atoms with Gasteiger partial charge in [0.15, 0.2) is 0 Å². The van der Waals surface area contributed by atoms with Crippen molar-refractivity contribution in [3.63, 3.8) is 0 Å². The lowest BCUT2D eigenvalue weighted by molar-refractivity contribution is 0.0854. The van der Waals surface area contributed by atoms with Gasteiger partial charge >= 0.3 is 0 Å². The van der Waals surface area contributed by atoms with Crippen LogP contribution < -0.4 is 0 Å². The Morgan fingerprint density at radius 1 is 0.886 bits per heavy atom. The lowest BCUT2D eigenvalue weighted by Crippen LogP contribution is -2.45. The van der Waals surface area contributed by atoms with E-state index in [0.29, 0.717) is 24.2 Å². The van der Waals surface area contributed by atoms with Gasteiger partial charge in [0.05, 0.1) is 0 Å². The first kappa shape index (κ1) is 25.2. The highest BCUT2D eigenvalue weighted by Crippen LogP contribution is 2.32. The van der Waals surface area contributed by atoms with Crippen molar-refractivity contribution >= 4 is 0 Å². The predicted molar refractivity (Wildman–Crippen MR) is 149 cm³/mol. The maximum absolute atomic E-state index is 4.16. The van der Waals surface area contributed by atoms with Crippen molar-refractivity contribution in [2.45, 2.75) is 63.8 Å². The zero-order chi connectivity index (χ0) is 24.5. The molecule has 1 aliphatic heterocycles. The molecule has 4 rings (SSSR count). The van der Waals surface area contributed by atoms with Gasteiger partial charge in [-0.25, -0.2) is 0 Å². The zero-order valence-corrected chi connectivity index (χ0v) is 21.3. The Kier molecular flexibility index (Phi) is 9.11. The summed E-state index contributed by atoms with van der Waals surface area (Å²) < 4.78 is 0. The molecule has 0 aromatic heterocycles. The molecule has 4 atom stereocenters. The normalized spacial score (nSPS) is 18.8. The van der Waals surface area contributed by atoms with Crippen molar-refractivity contribution in [2.24, 2.45) is 0 Å². The highest BCUT2D eigenvalue weighted by Gasteiger charge is 2.31. The monoisotopic (exact) mass is 464 g/mol. The van der Waals surface area contributed by atoms with Crippen LogP contribution in [0.3, 0.4) is 0 Å². The SMILES string of the molecule is C=CC[C@@H](C[C@H]1C=CCCN1[C@H](C)c1ccccc1)N(Cc1ccccc1)[C@H](C)c1ccccc1. The summed E-state index contributed by atoms with van der Waals surface area (Å²) in [6.45, 7) is 10.9. The fourth-order valence-corrected chi connectivity index (χ4v) is 5.51. The van der Waals surface area contributed by atoms with E-state index in [2.05, 4.69) is 139 Å². The second-order valence-corrected chi connectivity index (χ2v) is 9.77. The quantitative estimate of drug-likeness (QED) is 0.265. The average Bonchev–Trinajstić information content (AvgIpc) is 2.92. The summed E-state index contributed by atoms with van der Waals surface area (Å²) in [5, 5.41) is 0. The van der Waals surface area contributed by atoms with Crippen molar-refractivity contribution in [3.05, 3.63) is 132 Å². The highest BCUT2D eigenvalue weighted by atomic mass is 15.2. The molecule has 3 aromatic rings. The van der Waals surface area contributed by atoms with E-state index in [0.717, 1.165) is 32.4 Å². The predicted octanol–water partition coefficient (Wildman–Crippen LogP) is 7.98. The summed E-state index contributed by atoms with van der Waals surface area (Å²) in [6.07, 6.45) is 10.1. The molecule has 0 amide bonds. The third-order valence-corrected chi connectivity index (χ3v) is 7.53. The molecule has 0 fully saturated rings. The van der Waals surface area contributed by atoms with E-state index in [4.69, 9.17) is 0 Å². The first-order valence-electron chi connectivity index (χ1n) is 13.1. The average molecular weight is 465 g/mol. The van der Waals surface area contributed by atoms with Gasteiger partial charge in [-0.05, 0) is 49.8 Å². The van der Waals surface area contributed by atoms with Crippen LogP contribution in [0, 0.1) is 0 Å². The van der Waals surface area contributed by atoms with Crippen LogP contribution in [-0.4, -0.2) is 28.4 Å². The molecule has 0 N–H and O–H groups in total. The third-order valence-electron chi connectivity index (χ3n) is 7.53. The number of benzene rings is 3. The first-order valence-corrected chi connectivity index (χ1v) is 13.1. The molecule has 35 heavy (non-hydrogen) atoms. The number of hydrogen-bond donors (Lipinski definition) is 0. The van der Waals surface area contributed by atoms with Crippen LogP contribution in [0.4, 0.5) is 0 Å². The first-order chi connectivity index (χ1) is 17.2. The Hall–Kier alpha value is -2.94. The van der Waals surface area contributed by atoms with E-state index in [1.54, 1.807) is 0 Å². The lowest BCUT2D eigenvalue weighted by atomic mass is 9.93. The topological polar surface area (TPSA) is 6.48 Å². The summed E-state index contributed by atoms with van der Waals surface area (Å²) >= 11 is 0. The molecule has 0 saturated heterocycles. The van der Waals surface area contributed by atoms with Crippen LogP contribution in [0.1, 0.15) is 61.9 Å². The zero-order valence-electron chi connectivity index (χ0n) is 21.3. The molecular weight excluding hydrogens is 424 g/mol. The van der Waals surface area contributed by atoms with Crippen LogP contribution >= 0.6 is 0 Å². The summed E-state index contributed by atoms with van der Waals surface area (Å²) in [6, 6.07) is 34.3. The highest BCUT2D eigenvalue weighted by molar-refractivity contribution is 5.22. The van der Waals surface area contributed by atoms with Crippen molar-refractivity contribution in [2.75, 3.05) is 6.54 Å². The molecule has 0 unspecified atom stereocenters. The van der Waals surface area contributed by atoms with Gasteiger partial charge < -0.3 is 0 Å².